The minimum atomic E-state index is -0.263. The summed E-state index contributed by atoms with van der Waals surface area (Å²) in [5.74, 6) is 0.0982. The molecule has 0 atom stereocenters. The lowest BCUT2D eigenvalue weighted by Crippen LogP contribution is -2.19. The zero-order chi connectivity index (χ0) is 22.0. The molecule has 0 fully saturated rings. The van der Waals surface area contributed by atoms with Crippen molar-refractivity contribution in [2.45, 2.75) is 26.8 Å². The molecule has 2 heterocycles. The molecule has 0 bridgehead atoms. The number of benzene rings is 2. The number of rotatable bonds is 6. The van der Waals surface area contributed by atoms with Gasteiger partial charge in [-0.2, -0.15) is 5.10 Å². The number of thiazole rings is 1. The summed E-state index contributed by atoms with van der Waals surface area (Å²) in [7, 11) is 0. The van der Waals surface area contributed by atoms with Gasteiger partial charge in [0.25, 0.3) is 0 Å². The number of nitrogens with zero attached hydrogens (tertiary/aromatic N) is 3. The van der Waals surface area contributed by atoms with Crippen LogP contribution in [0.25, 0.3) is 11.4 Å². The molecule has 0 saturated carbocycles. The fraction of sp³-hybridized carbons (Fsp3) is 0.182. The predicted molar refractivity (Wildman–Crippen MR) is 122 cm³/mol. The highest BCUT2D eigenvalue weighted by Gasteiger charge is 2.15. The fourth-order valence-corrected chi connectivity index (χ4v) is 4.33. The lowest BCUT2D eigenvalue weighted by atomic mass is 10.1. The summed E-state index contributed by atoms with van der Waals surface area (Å²) in [6, 6.07) is 14.2. The quantitative estimate of drug-likeness (QED) is 0.401. The molecule has 0 aliphatic rings. The molecule has 0 radical (unpaired) electrons. The van der Waals surface area contributed by atoms with Crippen molar-refractivity contribution in [1.82, 2.24) is 19.7 Å². The Morgan fingerprint density at radius 3 is 2.58 bits per heavy atom. The van der Waals surface area contributed by atoms with E-state index in [9.17, 15) is 9.18 Å². The van der Waals surface area contributed by atoms with E-state index in [0.29, 0.717) is 22.1 Å². The first-order chi connectivity index (χ1) is 14.9. The van der Waals surface area contributed by atoms with Gasteiger partial charge in [0.15, 0.2) is 15.7 Å². The highest BCUT2D eigenvalue weighted by molar-refractivity contribution is 7.71. The van der Waals surface area contributed by atoms with Crippen LogP contribution in [0.4, 0.5) is 9.52 Å². The Morgan fingerprint density at radius 1 is 1.16 bits per heavy atom. The van der Waals surface area contributed by atoms with Gasteiger partial charge in [0, 0.05) is 16.9 Å². The largest absolute Gasteiger partial charge is 0.300 e. The van der Waals surface area contributed by atoms with Crippen molar-refractivity contribution in [2.75, 3.05) is 5.32 Å². The summed E-state index contributed by atoms with van der Waals surface area (Å²) in [4.78, 5) is 18.2. The topological polar surface area (TPSA) is 75.6 Å². The molecule has 0 unspecified atom stereocenters. The standard InChI is InChI=1S/C22H20FN5OS2/c1-13-3-7-16(8-4-13)20-26-27-22(30)28(20)12-19(29)25-21-24-14(2)18(31-21)11-15-5-9-17(23)10-6-15/h3-10H,11-12H2,1-2H3,(H,27,30)(H,24,25,29). The number of anilines is 1. The van der Waals surface area contributed by atoms with E-state index in [1.54, 1.807) is 16.7 Å². The summed E-state index contributed by atoms with van der Waals surface area (Å²) in [6.07, 6.45) is 0.629. The summed E-state index contributed by atoms with van der Waals surface area (Å²) in [5, 5.41) is 10.4. The number of aromatic amines is 1. The lowest BCUT2D eigenvalue weighted by Gasteiger charge is -2.07. The van der Waals surface area contributed by atoms with Crippen LogP contribution in [-0.2, 0) is 17.8 Å². The second kappa shape index (κ2) is 8.91. The first-order valence-corrected chi connectivity index (χ1v) is 10.8. The molecular formula is C22H20FN5OS2. The van der Waals surface area contributed by atoms with E-state index < -0.39 is 0 Å². The molecule has 1 amide bonds. The smallest absolute Gasteiger partial charge is 0.246 e. The van der Waals surface area contributed by atoms with Crippen molar-refractivity contribution < 1.29 is 9.18 Å². The summed E-state index contributed by atoms with van der Waals surface area (Å²) in [5.41, 5.74) is 3.83. The number of halogens is 1. The maximum absolute atomic E-state index is 13.1. The summed E-state index contributed by atoms with van der Waals surface area (Å²) in [6.45, 7) is 3.92. The maximum Gasteiger partial charge on any atom is 0.246 e. The number of H-pyrrole nitrogens is 1. The molecule has 0 saturated heterocycles. The van der Waals surface area contributed by atoms with Gasteiger partial charge in [0.05, 0.1) is 5.69 Å². The average Bonchev–Trinajstić information content (AvgIpc) is 3.26. The van der Waals surface area contributed by atoms with Gasteiger partial charge >= 0.3 is 0 Å². The molecule has 0 spiro atoms. The number of nitrogens with one attached hydrogen (secondary N) is 2. The average molecular weight is 454 g/mol. The Balaban J connectivity index is 1.47. The molecule has 2 aromatic carbocycles. The first kappa shape index (κ1) is 21.1. The van der Waals surface area contributed by atoms with E-state index in [1.807, 2.05) is 38.1 Å². The molecule has 4 rings (SSSR count). The normalized spacial score (nSPS) is 10.9. The Hall–Kier alpha value is -3.17. The molecule has 9 heteroatoms. The highest BCUT2D eigenvalue weighted by atomic mass is 32.1. The zero-order valence-corrected chi connectivity index (χ0v) is 18.6. The highest BCUT2D eigenvalue weighted by Crippen LogP contribution is 2.25. The van der Waals surface area contributed by atoms with Gasteiger partial charge < -0.3 is 5.32 Å². The van der Waals surface area contributed by atoms with E-state index in [2.05, 4.69) is 20.5 Å². The van der Waals surface area contributed by atoms with Gasteiger partial charge in [-0.15, -0.1) is 11.3 Å². The molecule has 6 nitrogen and oxygen atoms in total. The number of amides is 1. The van der Waals surface area contributed by atoms with Crippen LogP contribution >= 0.6 is 23.6 Å². The number of hydrogen-bond donors (Lipinski definition) is 2. The van der Waals surface area contributed by atoms with Crippen molar-refractivity contribution in [3.63, 3.8) is 0 Å². The molecule has 2 aromatic heterocycles. The van der Waals surface area contributed by atoms with Crippen LogP contribution in [0.1, 0.15) is 21.7 Å². The second-order valence-electron chi connectivity index (χ2n) is 7.18. The predicted octanol–water partition coefficient (Wildman–Crippen LogP) is 5.05. The fourth-order valence-electron chi connectivity index (χ4n) is 3.12. The summed E-state index contributed by atoms with van der Waals surface area (Å²) >= 11 is 6.72. The van der Waals surface area contributed by atoms with Crippen LogP contribution in [-0.4, -0.2) is 25.7 Å². The minimum absolute atomic E-state index is 0.0183. The van der Waals surface area contributed by atoms with Gasteiger partial charge in [0.2, 0.25) is 5.91 Å². The van der Waals surface area contributed by atoms with Crippen LogP contribution in [0.5, 0.6) is 0 Å². The van der Waals surface area contributed by atoms with E-state index >= 15 is 0 Å². The zero-order valence-electron chi connectivity index (χ0n) is 17.0. The van der Waals surface area contributed by atoms with Crippen molar-refractivity contribution in [1.29, 1.82) is 0 Å². The number of carbonyl (C=O) groups is 1. The monoisotopic (exact) mass is 453 g/mol. The number of aryl methyl sites for hydroxylation is 2. The second-order valence-corrected chi connectivity index (χ2v) is 8.65. The molecule has 4 aromatic rings. The van der Waals surface area contributed by atoms with Gasteiger partial charge in [-0.25, -0.2) is 9.37 Å². The molecule has 0 aliphatic heterocycles. The van der Waals surface area contributed by atoms with E-state index in [1.165, 1.54) is 23.5 Å². The molecule has 2 N–H and O–H groups in total. The van der Waals surface area contributed by atoms with Crippen molar-refractivity contribution in [3.05, 3.63) is 80.8 Å². The SMILES string of the molecule is Cc1ccc(-c2n[nH]c(=S)n2CC(=O)Nc2nc(C)c(Cc3ccc(F)cc3)s2)cc1. The Morgan fingerprint density at radius 2 is 1.87 bits per heavy atom. The number of carbonyl (C=O) groups excluding carboxylic acids is 1. The third-order valence-corrected chi connectivity index (χ3v) is 6.17. The number of hydrogen-bond acceptors (Lipinski definition) is 5. The van der Waals surface area contributed by atoms with Crippen molar-refractivity contribution in [2.24, 2.45) is 0 Å². The Bertz CT molecular complexity index is 1270. The lowest BCUT2D eigenvalue weighted by molar-refractivity contribution is -0.116. The molecule has 0 aliphatic carbocycles. The van der Waals surface area contributed by atoms with Gasteiger partial charge in [-0.3, -0.25) is 14.5 Å². The van der Waals surface area contributed by atoms with Gasteiger partial charge in [0.1, 0.15) is 12.4 Å². The molecular weight excluding hydrogens is 433 g/mol. The number of aromatic nitrogens is 4. The Kier molecular flexibility index (Phi) is 6.06. The van der Waals surface area contributed by atoms with Crippen LogP contribution in [0.15, 0.2) is 48.5 Å². The minimum Gasteiger partial charge on any atom is -0.300 e. The van der Waals surface area contributed by atoms with E-state index in [-0.39, 0.29) is 18.3 Å². The molecule has 158 valence electrons. The van der Waals surface area contributed by atoms with Crippen LogP contribution in [0.2, 0.25) is 0 Å². The third-order valence-electron chi connectivity index (χ3n) is 4.79. The molecule has 31 heavy (non-hydrogen) atoms. The van der Waals surface area contributed by atoms with Crippen LogP contribution in [0, 0.1) is 24.4 Å². The third kappa shape index (κ3) is 4.95. The summed E-state index contributed by atoms with van der Waals surface area (Å²) < 4.78 is 15.2. The van der Waals surface area contributed by atoms with Crippen molar-refractivity contribution in [3.8, 4) is 11.4 Å². The van der Waals surface area contributed by atoms with Crippen LogP contribution < -0.4 is 5.32 Å². The van der Waals surface area contributed by atoms with E-state index in [4.69, 9.17) is 12.2 Å². The van der Waals surface area contributed by atoms with Gasteiger partial charge in [-0.1, -0.05) is 42.0 Å². The van der Waals surface area contributed by atoms with Gasteiger partial charge in [-0.05, 0) is 43.8 Å². The van der Waals surface area contributed by atoms with E-state index in [0.717, 1.165) is 27.3 Å². The Labute approximate surface area is 187 Å². The van der Waals surface area contributed by atoms with Crippen molar-refractivity contribution >= 4 is 34.6 Å². The first-order valence-electron chi connectivity index (χ1n) is 9.62. The van der Waals surface area contributed by atoms with Crippen LogP contribution in [0.3, 0.4) is 0 Å². The maximum atomic E-state index is 13.1.